The van der Waals surface area contributed by atoms with Crippen LogP contribution in [0.1, 0.15) is 31.1 Å². The molecule has 0 spiro atoms. The summed E-state index contributed by atoms with van der Waals surface area (Å²) in [5, 5.41) is 5.19. The van der Waals surface area contributed by atoms with Gasteiger partial charge >= 0.3 is 0 Å². The zero-order valence-electron chi connectivity index (χ0n) is 15.1. The number of nitrogens with zero attached hydrogens (tertiary/aromatic N) is 2. The normalized spacial score (nSPS) is 16.8. The number of carbonyl (C=O) groups excluding carboxylic acids is 1. The summed E-state index contributed by atoms with van der Waals surface area (Å²) in [7, 11) is -3.47. The number of aromatic nitrogens is 1. The summed E-state index contributed by atoms with van der Waals surface area (Å²) in [6, 6.07) is 7.18. The molecule has 1 N–H and O–H groups in total. The second-order valence-electron chi connectivity index (χ2n) is 6.35. The Balaban J connectivity index is 1.57. The first-order valence-electron chi connectivity index (χ1n) is 8.90. The molecule has 1 amide bonds. The lowest BCUT2D eigenvalue weighted by atomic mass is 10.2. The number of nitrogens with one attached hydrogen (secondary N) is 1. The van der Waals surface area contributed by atoms with Gasteiger partial charge in [-0.2, -0.15) is 4.31 Å². The molecule has 0 saturated carbocycles. The Labute approximate surface area is 168 Å². The van der Waals surface area contributed by atoms with Crippen LogP contribution < -0.4 is 5.32 Å². The van der Waals surface area contributed by atoms with Gasteiger partial charge in [0.2, 0.25) is 15.9 Å². The number of hydrogen-bond donors (Lipinski definition) is 1. The Hall–Kier alpha value is -1.42. The molecule has 1 saturated heterocycles. The van der Waals surface area contributed by atoms with Gasteiger partial charge in [0.05, 0.1) is 16.8 Å². The van der Waals surface area contributed by atoms with Gasteiger partial charge in [-0.15, -0.1) is 11.3 Å². The number of piperidine rings is 1. The van der Waals surface area contributed by atoms with Crippen molar-refractivity contribution >= 4 is 39.0 Å². The van der Waals surface area contributed by atoms with Crippen molar-refractivity contribution in [1.29, 1.82) is 0 Å². The van der Waals surface area contributed by atoms with Gasteiger partial charge < -0.3 is 5.32 Å². The fourth-order valence-corrected chi connectivity index (χ4v) is 5.73. The minimum absolute atomic E-state index is 0.0692. The number of thioether (sulfide) groups is 1. The standard InChI is InChI=1S/C18H23N3O3S3/c1-14(18(22)20-12-15-6-5-11-25-15)26-17-8-7-16(13-19-17)27(23,24)21-9-3-2-4-10-21/h5-8,11,13-14H,2-4,9-10,12H2,1H3,(H,20,22). The summed E-state index contributed by atoms with van der Waals surface area (Å²) < 4.78 is 26.8. The molecule has 146 valence electrons. The third-order valence-corrected chi connectivity index (χ3v) is 8.15. The van der Waals surface area contributed by atoms with Crippen molar-refractivity contribution in [3.63, 3.8) is 0 Å². The quantitative estimate of drug-likeness (QED) is 0.690. The Morgan fingerprint density at radius 2 is 2.07 bits per heavy atom. The number of thiophene rings is 1. The molecule has 2 aromatic rings. The maximum Gasteiger partial charge on any atom is 0.244 e. The van der Waals surface area contributed by atoms with E-state index in [4.69, 9.17) is 0 Å². The molecule has 1 aliphatic heterocycles. The monoisotopic (exact) mass is 425 g/mol. The first-order valence-corrected chi connectivity index (χ1v) is 12.1. The summed E-state index contributed by atoms with van der Waals surface area (Å²) in [4.78, 5) is 17.8. The van der Waals surface area contributed by atoms with Crippen molar-refractivity contribution in [1.82, 2.24) is 14.6 Å². The van der Waals surface area contributed by atoms with Gasteiger partial charge in [0.1, 0.15) is 4.90 Å². The molecule has 1 atom stereocenters. The van der Waals surface area contributed by atoms with Crippen LogP contribution in [0.25, 0.3) is 0 Å². The van der Waals surface area contributed by atoms with E-state index in [-0.39, 0.29) is 16.1 Å². The molecule has 0 bridgehead atoms. The highest BCUT2D eigenvalue weighted by molar-refractivity contribution is 8.00. The van der Waals surface area contributed by atoms with E-state index in [2.05, 4.69) is 10.3 Å². The average Bonchev–Trinajstić information content (AvgIpc) is 3.21. The first kappa shape index (κ1) is 20.3. The molecular weight excluding hydrogens is 402 g/mol. The van der Waals surface area contributed by atoms with Gasteiger partial charge in [0.15, 0.2) is 0 Å². The molecule has 0 radical (unpaired) electrons. The van der Waals surface area contributed by atoms with Crippen LogP contribution in [0, 0.1) is 0 Å². The molecule has 9 heteroatoms. The summed E-state index contributed by atoms with van der Waals surface area (Å²) in [5.74, 6) is -0.0692. The third-order valence-electron chi connectivity index (χ3n) is 4.35. The van der Waals surface area contributed by atoms with E-state index in [1.54, 1.807) is 23.5 Å². The van der Waals surface area contributed by atoms with Crippen molar-refractivity contribution in [2.24, 2.45) is 0 Å². The Morgan fingerprint density at radius 3 is 2.70 bits per heavy atom. The number of pyridine rings is 1. The van der Waals surface area contributed by atoms with E-state index < -0.39 is 10.0 Å². The molecule has 1 fully saturated rings. The van der Waals surface area contributed by atoms with Crippen LogP contribution in [0.2, 0.25) is 0 Å². The van der Waals surface area contributed by atoms with Crippen molar-refractivity contribution in [2.45, 2.75) is 47.9 Å². The topological polar surface area (TPSA) is 79.4 Å². The van der Waals surface area contributed by atoms with Crippen molar-refractivity contribution in [2.75, 3.05) is 13.1 Å². The average molecular weight is 426 g/mol. The van der Waals surface area contributed by atoms with E-state index >= 15 is 0 Å². The predicted molar refractivity (Wildman–Crippen MR) is 108 cm³/mol. The Morgan fingerprint density at radius 1 is 1.30 bits per heavy atom. The van der Waals surface area contributed by atoms with E-state index in [0.29, 0.717) is 24.7 Å². The second-order valence-corrected chi connectivity index (χ2v) is 10.7. The van der Waals surface area contributed by atoms with E-state index in [9.17, 15) is 13.2 Å². The Bertz CT molecular complexity index is 846. The van der Waals surface area contributed by atoms with Gasteiger partial charge in [-0.05, 0) is 43.3 Å². The maximum atomic E-state index is 12.6. The smallest absolute Gasteiger partial charge is 0.244 e. The highest BCUT2D eigenvalue weighted by Gasteiger charge is 2.26. The zero-order valence-corrected chi connectivity index (χ0v) is 17.6. The zero-order chi connectivity index (χ0) is 19.3. The predicted octanol–water partition coefficient (Wildman–Crippen LogP) is 3.11. The van der Waals surface area contributed by atoms with Crippen LogP contribution in [-0.4, -0.2) is 42.0 Å². The largest absolute Gasteiger partial charge is 0.350 e. The second kappa shape index (κ2) is 9.18. The number of amides is 1. The molecule has 6 nitrogen and oxygen atoms in total. The lowest BCUT2D eigenvalue weighted by Gasteiger charge is -2.25. The van der Waals surface area contributed by atoms with Crippen LogP contribution in [0.5, 0.6) is 0 Å². The molecule has 2 aromatic heterocycles. The van der Waals surface area contributed by atoms with E-state index in [1.165, 1.54) is 22.3 Å². The lowest BCUT2D eigenvalue weighted by molar-refractivity contribution is -0.120. The highest BCUT2D eigenvalue weighted by Crippen LogP contribution is 2.25. The lowest BCUT2D eigenvalue weighted by Crippen LogP contribution is -2.35. The highest BCUT2D eigenvalue weighted by atomic mass is 32.2. The number of hydrogen-bond acceptors (Lipinski definition) is 6. The third kappa shape index (κ3) is 5.31. The van der Waals surface area contributed by atoms with E-state index in [1.807, 2.05) is 24.4 Å². The van der Waals surface area contributed by atoms with Crippen LogP contribution in [0.15, 0.2) is 45.8 Å². The van der Waals surface area contributed by atoms with Gasteiger partial charge in [-0.3, -0.25) is 4.79 Å². The minimum atomic E-state index is -3.47. The molecule has 0 aromatic carbocycles. The van der Waals surface area contributed by atoms with Gasteiger partial charge in [0, 0.05) is 24.2 Å². The van der Waals surface area contributed by atoms with Crippen molar-refractivity contribution in [3.8, 4) is 0 Å². The van der Waals surface area contributed by atoms with Gasteiger partial charge in [-0.1, -0.05) is 24.2 Å². The molecule has 27 heavy (non-hydrogen) atoms. The van der Waals surface area contributed by atoms with E-state index in [0.717, 1.165) is 24.1 Å². The number of sulfonamides is 1. The number of carbonyl (C=O) groups is 1. The van der Waals surface area contributed by atoms with Crippen LogP contribution in [0.4, 0.5) is 0 Å². The van der Waals surface area contributed by atoms with Crippen molar-refractivity contribution < 1.29 is 13.2 Å². The summed E-state index contributed by atoms with van der Waals surface area (Å²) in [6.45, 7) is 3.47. The molecule has 1 aliphatic rings. The van der Waals surface area contributed by atoms with Crippen LogP contribution in [0.3, 0.4) is 0 Å². The molecule has 0 aliphatic carbocycles. The van der Waals surface area contributed by atoms with Gasteiger partial charge in [-0.25, -0.2) is 13.4 Å². The fraction of sp³-hybridized carbons (Fsp3) is 0.444. The SMILES string of the molecule is CC(Sc1ccc(S(=O)(=O)N2CCCCC2)cn1)C(=O)NCc1cccs1. The van der Waals surface area contributed by atoms with Crippen molar-refractivity contribution in [3.05, 3.63) is 40.7 Å². The maximum absolute atomic E-state index is 12.6. The molecular formula is C18H23N3O3S3. The number of rotatable bonds is 7. The fourth-order valence-electron chi connectivity index (χ4n) is 2.81. The van der Waals surface area contributed by atoms with Gasteiger partial charge in [0.25, 0.3) is 0 Å². The summed E-state index contributed by atoms with van der Waals surface area (Å²) >= 11 is 2.92. The van der Waals surface area contributed by atoms with Crippen LogP contribution >= 0.6 is 23.1 Å². The molecule has 3 heterocycles. The summed E-state index contributed by atoms with van der Waals surface area (Å²) in [6.07, 6.45) is 4.27. The first-order chi connectivity index (χ1) is 13.0. The Kier molecular flexibility index (Phi) is 6.91. The molecule has 3 rings (SSSR count). The minimum Gasteiger partial charge on any atom is -0.350 e. The molecule has 1 unspecified atom stereocenters. The summed E-state index contributed by atoms with van der Waals surface area (Å²) in [5.41, 5.74) is 0. The van der Waals surface area contributed by atoms with Crippen LogP contribution in [-0.2, 0) is 21.4 Å².